The lowest BCUT2D eigenvalue weighted by Crippen LogP contribution is -2.21. The van der Waals surface area contributed by atoms with Crippen LogP contribution >= 0.6 is 0 Å². The molecule has 2 heterocycles. The molecule has 0 radical (unpaired) electrons. The van der Waals surface area contributed by atoms with Crippen LogP contribution in [0.3, 0.4) is 0 Å². The van der Waals surface area contributed by atoms with Gasteiger partial charge in [-0.2, -0.15) is 0 Å². The zero-order valence-corrected chi connectivity index (χ0v) is 15.2. The van der Waals surface area contributed by atoms with Crippen molar-refractivity contribution in [3.05, 3.63) is 64.5 Å². The highest BCUT2D eigenvalue weighted by Crippen LogP contribution is 2.31. The first-order valence-electron chi connectivity index (χ1n) is 8.92. The first-order valence-corrected chi connectivity index (χ1v) is 8.92. The van der Waals surface area contributed by atoms with Crippen LogP contribution in [0.5, 0.6) is 0 Å². The Morgan fingerprint density at radius 3 is 2.42 bits per heavy atom. The Labute approximate surface area is 151 Å². The highest BCUT2D eigenvalue weighted by Gasteiger charge is 2.14. The van der Waals surface area contributed by atoms with Gasteiger partial charge in [0.25, 0.3) is 0 Å². The van der Waals surface area contributed by atoms with E-state index in [0.717, 1.165) is 40.9 Å². The molecular formula is C22H21NO3. The first-order chi connectivity index (χ1) is 12.6. The monoisotopic (exact) mass is 347 g/mol. The first kappa shape index (κ1) is 16.5. The Morgan fingerprint density at radius 1 is 1.00 bits per heavy atom. The summed E-state index contributed by atoms with van der Waals surface area (Å²) in [6.45, 7) is 8.14. The molecule has 132 valence electrons. The van der Waals surface area contributed by atoms with Crippen LogP contribution in [0.2, 0.25) is 0 Å². The highest BCUT2D eigenvalue weighted by molar-refractivity contribution is 6.04. The van der Waals surface area contributed by atoms with Gasteiger partial charge in [-0.05, 0) is 62.7 Å². The van der Waals surface area contributed by atoms with E-state index in [1.165, 1.54) is 0 Å². The number of furan rings is 1. The summed E-state index contributed by atoms with van der Waals surface area (Å²) < 4.78 is 11.7. The molecule has 0 N–H and O–H groups in total. The summed E-state index contributed by atoms with van der Waals surface area (Å²) in [4.78, 5) is 14.9. The Bertz CT molecular complexity index is 1130. The van der Waals surface area contributed by atoms with Gasteiger partial charge in [-0.25, -0.2) is 0 Å². The van der Waals surface area contributed by atoms with Crippen LogP contribution < -0.4 is 10.3 Å². The van der Waals surface area contributed by atoms with Crippen LogP contribution in [0.15, 0.2) is 62.4 Å². The zero-order valence-electron chi connectivity index (χ0n) is 15.2. The van der Waals surface area contributed by atoms with Crippen LogP contribution in [0.25, 0.3) is 33.3 Å². The van der Waals surface area contributed by atoms with Crippen molar-refractivity contribution in [3.8, 4) is 11.3 Å². The van der Waals surface area contributed by atoms with Crippen molar-refractivity contribution in [2.75, 3.05) is 18.0 Å². The van der Waals surface area contributed by atoms with E-state index in [2.05, 4.69) is 30.9 Å². The third-order valence-electron chi connectivity index (χ3n) is 4.90. The zero-order chi connectivity index (χ0) is 18.3. The maximum atomic E-state index is 12.6. The van der Waals surface area contributed by atoms with Gasteiger partial charge in [-0.15, -0.1) is 0 Å². The summed E-state index contributed by atoms with van der Waals surface area (Å²) in [6.07, 6.45) is 1.69. The largest absolute Gasteiger partial charge is 0.464 e. The Hall–Kier alpha value is -3.01. The fraction of sp³-hybridized carbons (Fsp3) is 0.227. The van der Waals surface area contributed by atoms with Gasteiger partial charge >= 0.3 is 0 Å². The summed E-state index contributed by atoms with van der Waals surface area (Å²) in [6, 6.07) is 13.3. The van der Waals surface area contributed by atoms with E-state index in [-0.39, 0.29) is 5.43 Å². The van der Waals surface area contributed by atoms with Gasteiger partial charge < -0.3 is 13.7 Å². The molecular weight excluding hydrogens is 326 g/mol. The van der Waals surface area contributed by atoms with Crippen LogP contribution in [-0.2, 0) is 0 Å². The van der Waals surface area contributed by atoms with Gasteiger partial charge in [0.05, 0.1) is 17.0 Å². The quantitative estimate of drug-likeness (QED) is 0.498. The van der Waals surface area contributed by atoms with Gasteiger partial charge in [0.1, 0.15) is 16.9 Å². The summed E-state index contributed by atoms with van der Waals surface area (Å²) in [5, 5.41) is 1.44. The molecule has 0 saturated carbocycles. The van der Waals surface area contributed by atoms with E-state index in [9.17, 15) is 4.79 Å². The number of hydrogen-bond acceptors (Lipinski definition) is 4. The highest BCUT2D eigenvalue weighted by atomic mass is 16.3. The van der Waals surface area contributed by atoms with Crippen molar-refractivity contribution in [1.29, 1.82) is 0 Å². The van der Waals surface area contributed by atoms with Crippen molar-refractivity contribution in [1.82, 2.24) is 0 Å². The second-order valence-electron chi connectivity index (χ2n) is 6.43. The third kappa shape index (κ3) is 2.58. The smallest absolute Gasteiger partial charge is 0.193 e. The van der Waals surface area contributed by atoms with Crippen LogP contribution in [0.1, 0.15) is 19.4 Å². The van der Waals surface area contributed by atoms with Crippen molar-refractivity contribution in [2.24, 2.45) is 0 Å². The molecule has 4 heteroatoms. The molecule has 0 bridgehead atoms. The number of aryl methyl sites for hydroxylation is 1. The molecule has 2 aromatic carbocycles. The second kappa shape index (κ2) is 6.37. The Morgan fingerprint density at radius 2 is 1.73 bits per heavy atom. The molecule has 0 spiro atoms. The molecule has 0 aliphatic carbocycles. The van der Waals surface area contributed by atoms with Crippen LogP contribution in [0.4, 0.5) is 5.69 Å². The topological polar surface area (TPSA) is 46.6 Å². The average molecular weight is 347 g/mol. The van der Waals surface area contributed by atoms with Gasteiger partial charge in [0.15, 0.2) is 5.43 Å². The Kier molecular flexibility index (Phi) is 4.03. The fourth-order valence-corrected chi connectivity index (χ4v) is 3.45. The molecule has 0 aliphatic heterocycles. The summed E-state index contributed by atoms with van der Waals surface area (Å²) >= 11 is 0. The molecule has 0 saturated heterocycles. The molecule has 0 amide bonds. The molecule has 0 fully saturated rings. The van der Waals surface area contributed by atoms with Crippen molar-refractivity contribution >= 4 is 27.6 Å². The van der Waals surface area contributed by atoms with E-state index in [1.54, 1.807) is 18.4 Å². The minimum Gasteiger partial charge on any atom is -0.464 e. The standard InChI is InChI=1S/C22H21NO3/c1-4-23(5-2)16-8-6-15(7-9-16)20-12-18(24)17-10-11-19-21(22(17)26-20)14(3)13-25-19/h6-13H,4-5H2,1-3H3. The summed E-state index contributed by atoms with van der Waals surface area (Å²) in [5.41, 5.74) is 4.28. The molecule has 2 aromatic heterocycles. The maximum absolute atomic E-state index is 12.6. The predicted octanol–water partition coefficient (Wildman–Crippen LogP) is 5.36. The van der Waals surface area contributed by atoms with E-state index >= 15 is 0 Å². The van der Waals surface area contributed by atoms with Crippen LogP contribution in [-0.4, -0.2) is 13.1 Å². The lowest BCUT2D eigenvalue weighted by atomic mass is 10.1. The molecule has 4 aromatic rings. The van der Waals surface area contributed by atoms with Crippen molar-refractivity contribution < 1.29 is 8.83 Å². The minimum absolute atomic E-state index is 0.0448. The SMILES string of the molecule is CCN(CC)c1ccc(-c2cc(=O)c3ccc4occ(C)c4c3o2)cc1. The summed E-state index contributed by atoms with van der Waals surface area (Å²) in [7, 11) is 0. The molecule has 0 atom stereocenters. The fourth-order valence-electron chi connectivity index (χ4n) is 3.45. The predicted molar refractivity (Wildman–Crippen MR) is 106 cm³/mol. The second-order valence-corrected chi connectivity index (χ2v) is 6.43. The average Bonchev–Trinajstić information content (AvgIpc) is 3.05. The van der Waals surface area contributed by atoms with Crippen molar-refractivity contribution in [2.45, 2.75) is 20.8 Å². The van der Waals surface area contributed by atoms with E-state index < -0.39 is 0 Å². The number of nitrogens with zero attached hydrogens (tertiary/aromatic N) is 1. The summed E-state index contributed by atoms with van der Waals surface area (Å²) in [5.74, 6) is 0.571. The van der Waals surface area contributed by atoms with E-state index in [4.69, 9.17) is 8.83 Å². The molecule has 4 rings (SSSR count). The molecule has 26 heavy (non-hydrogen) atoms. The molecule has 0 aliphatic rings. The number of benzene rings is 2. The lowest BCUT2D eigenvalue weighted by molar-refractivity contribution is 0.610. The molecule has 4 nitrogen and oxygen atoms in total. The number of hydrogen-bond donors (Lipinski definition) is 0. The van der Waals surface area contributed by atoms with Gasteiger partial charge in [-0.3, -0.25) is 4.79 Å². The molecule has 0 unspecified atom stereocenters. The number of rotatable bonds is 4. The van der Waals surface area contributed by atoms with Crippen molar-refractivity contribution in [3.63, 3.8) is 0 Å². The van der Waals surface area contributed by atoms with E-state index in [0.29, 0.717) is 16.7 Å². The van der Waals surface area contributed by atoms with E-state index in [1.807, 2.05) is 25.1 Å². The Balaban J connectivity index is 1.88. The number of fused-ring (bicyclic) bond motifs is 3. The normalized spacial score (nSPS) is 11.3. The lowest BCUT2D eigenvalue weighted by Gasteiger charge is -2.21. The van der Waals surface area contributed by atoms with Gasteiger partial charge in [-0.1, -0.05) is 0 Å². The van der Waals surface area contributed by atoms with Gasteiger partial charge in [0.2, 0.25) is 0 Å². The minimum atomic E-state index is -0.0448. The van der Waals surface area contributed by atoms with Gasteiger partial charge in [0, 0.05) is 30.4 Å². The van der Waals surface area contributed by atoms with Crippen LogP contribution in [0, 0.1) is 6.92 Å². The maximum Gasteiger partial charge on any atom is 0.193 e. The number of anilines is 1. The third-order valence-corrected chi connectivity index (χ3v) is 4.90.